The van der Waals surface area contributed by atoms with Crippen molar-refractivity contribution < 1.29 is 31.2 Å². The Hall–Kier alpha value is -2.56. The van der Waals surface area contributed by atoms with Crippen LogP contribution in [-0.4, -0.2) is 44.0 Å². The van der Waals surface area contributed by atoms with Crippen LogP contribution in [0.15, 0.2) is 17.6 Å². The highest BCUT2D eigenvalue weighted by Gasteiger charge is 2.45. The number of aryl methyl sites for hydroxylation is 2. The largest absolute Gasteiger partial charge is 0.471 e. The lowest BCUT2D eigenvalue weighted by molar-refractivity contribution is -0.185. The third-order valence-electron chi connectivity index (χ3n) is 6.23. The number of benzene rings is 1. The molecule has 2 N–H and O–H groups in total. The summed E-state index contributed by atoms with van der Waals surface area (Å²) in [4.78, 5) is 24.6. The summed E-state index contributed by atoms with van der Waals surface area (Å²) < 4.78 is 64.7. The predicted octanol–water partition coefficient (Wildman–Crippen LogP) is 3.18. The molecule has 1 unspecified atom stereocenters. The van der Waals surface area contributed by atoms with Crippen LogP contribution in [0.5, 0.6) is 0 Å². The summed E-state index contributed by atoms with van der Waals surface area (Å²) in [6, 6.07) is 0.270. The number of sulfonamides is 1. The van der Waals surface area contributed by atoms with E-state index in [1.54, 1.807) is 0 Å². The Labute approximate surface area is 184 Å². The molecule has 1 fully saturated rings. The van der Waals surface area contributed by atoms with E-state index < -0.39 is 34.2 Å². The summed E-state index contributed by atoms with van der Waals surface area (Å²) in [5.74, 6) is -2.00. The molecule has 7 nitrogen and oxygen atoms in total. The molecule has 0 aromatic heterocycles. The number of hydrogen-bond acceptors (Lipinski definition) is 4. The zero-order chi connectivity index (χ0) is 23.1. The van der Waals surface area contributed by atoms with Crippen LogP contribution in [0.4, 0.5) is 23.7 Å². The summed E-state index contributed by atoms with van der Waals surface area (Å²) in [5.41, 5.74) is 5.13. The highest BCUT2D eigenvalue weighted by Crippen LogP contribution is 2.38. The van der Waals surface area contributed by atoms with Crippen molar-refractivity contribution in [2.24, 2.45) is 0 Å². The molecule has 1 atom stereocenters. The maximum Gasteiger partial charge on any atom is 0.471 e. The number of nitrogens with zero attached hydrogens (tertiary/aromatic N) is 1. The van der Waals surface area contributed by atoms with Crippen molar-refractivity contribution in [3.8, 4) is 0 Å². The van der Waals surface area contributed by atoms with Crippen LogP contribution < -0.4 is 10.0 Å². The van der Waals surface area contributed by atoms with Crippen LogP contribution in [0, 0.1) is 0 Å². The molecule has 0 saturated carbocycles. The number of amides is 3. The lowest BCUT2D eigenvalue weighted by atomic mass is 9.99. The summed E-state index contributed by atoms with van der Waals surface area (Å²) in [6.07, 6.45) is 1.97. The first kappa shape index (κ1) is 22.6. The molecular weight excluding hydrogens is 447 g/mol. The van der Waals surface area contributed by atoms with Crippen LogP contribution in [-0.2, 0) is 40.5 Å². The maximum absolute atomic E-state index is 12.7. The number of fused-ring (bicyclic) bond motifs is 2. The number of rotatable bonds is 4. The van der Waals surface area contributed by atoms with Crippen molar-refractivity contribution in [1.82, 2.24) is 9.62 Å². The Morgan fingerprint density at radius 1 is 1.03 bits per heavy atom. The molecule has 1 saturated heterocycles. The van der Waals surface area contributed by atoms with Gasteiger partial charge in [0.05, 0.1) is 6.04 Å². The number of urea groups is 1. The van der Waals surface area contributed by atoms with E-state index in [2.05, 4.69) is 11.4 Å². The molecule has 0 bridgehead atoms. The van der Waals surface area contributed by atoms with Gasteiger partial charge in [0.2, 0.25) is 0 Å². The molecule has 11 heteroatoms. The van der Waals surface area contributed by atoms with Gasteiger partial charge in [0.25, 0.3) is 10.0 Å². The minimum atomic E-state index is -5.02. The van der Waals surface area contributed by atoms with Gasteiger partial charge in [-0.25, -0.2) is 17.9 Å². The normalized spacial score (nSPS) is 20.5. The summed E-state index contributed by atoms with van der Waals surface area (Å²) in [5, 5.41) is 3.35. The first-order chi connectivity index (χ1) is 15.0. The van der Waals surface area contributed by atoms with Crippen molar-refractivity contribution >= 4 is 27.6 Å². The fraction of sp³-hybridized carbons (Fsp3) is 0.524. The Kier molecular flexibility index (Phi) is 5.95. The second kappa shape index (κ2) is 8.42. The van der Waals surface area contributed by atoms with Gasteiger partial charge in [0.15, 0.2) is 0 Å². The number of alkyl halides is 3. The van der Waals surface area contributed by atoms with E-state index in [1.807, 2.05) is 4.72 Å². The van der Waals surface area contributed by atoms with Gasteiger partial charge in [-0.3, -0.25) is 4.79 Å². The molecule has 32 heavy (non-hydrogen) atoms. The Bertz CT molecular complexity index is 1050. The Morgan fingerprint density at radius 2 is 1.66 bits per heavy atom. The maximum atomic E-state index is 12.7. The Morgan fingerprint density at radius 3 is 2.25 bits per heavy atom. The monoisotopic (exact) mass is 471 g/mol. The molecule has 1 aromatic carbocycles. The standard InChI is InChI=1S/C21H24F3N3O4S/c22-21(23,24)19(28)27-10-3-6-15(27)9-11-32(30,31)26-20(29)25-18-16-7-1-4-13(16)12-14-5-2-8-17(14)18/h9,11-12,15H,1-8,10H2,(H2,25,26,29)/b11-9+. The Balaban J connectivity index is 1.45. The van der Waals surface area contributed by atoms with Crippen molar-refractivity contribution in [3.05, 3.63) is 39.8 Å². The smallest absolute Gasteiger partial charge is 0.328 e. The zero-order valence-corrected chi connectivity index (χ0v) is 18.1. The second-order valence-corrected chi connectivity index (χ2v) is 9.94. The van der Waals surface area contributed by atoms with E-state index >= 15 is 0 Å². The molecule has 174 valence electrons. The second-order valence-electron chi connectivity index (χ2n) is 8.37. The molecule has 3 amide bonds. The van der Waals surface area contributed by atoms with Crippen molar-refractivity contribution in [2.75, 3.05) is 11.9 Å². The van der Waals surface area contributed by atoms with Crippen LogP contribution >= 0.6 is 0 Å². The molecule has 0 spiro atoms. The topological polar surface area (TPSA) is 95.6 Å². The quantitative estimate of drug-likeness (QED) is 0.705. The lowest BCUT2D eigenvalue weighted by Gasteiger charge is -2.23. The zero-order valence-electron chi connectivity index (χ0n) is 17.3. The summed E-state index contributed by atoms with van der Waals surface area (Å²) in [6.45, 7) is -0.106. The van der Waals surface area contributed by atoms with Crippen LogP contribution in [0.2, 0.25) is 0 Å². The number of nitrogens with one attached hydrogen (secondary N) is 2. The van der Waals surface area contributed by atoms with Gasteiger partial charge < -0.3 is 10.2 Å². The van der Waals surface area contributed by atoms with E-state index in [0.29, 0.717) is 22.4 Å². The van der Waals surface area contributed by atoms with Crippen LogP contribution in [0.1, 0.15) is 47.9 Å². The summed E-state index contributed by atoms with van der Waals surface area (Å²) in [7, 11) is -4.26. The lowest BCUT2D eigenvalue weighted by Crippen LogP contribution is -2.43. The van der Waals surface area contributed by atoms with E-state index in [4.69, 9.17) is 0 Å². The fourth-order valence-electron chi connectivity index (χ4n) is 4.87. The molecule has 0 radical (unpaired) electrons. The number of hydrogen-bond donors (Lipinski definition) is 2. The first-order valence-electron chi connectivity index (χ1n) is 10.6. The van der Waals surface area contributed by atoms with Crippen LogP contribution in [0.3, 0.4) is 0 Å². The molecule has 1 aromatic rings. The average molecular weight is 472 g/mol. The third-order valence-corrected chi connectivity index (χ3v) is 7.21. The minimum absolute atomic E-state index is 0.106. The summed E-state index contributed by atoms with van der Waals surface area (Å²) >= 11 is 0. The molecule has 2 aliphatic carbocycles. The fourth-order valence-corrected chi connectivity index (χ4v) is 5.64. The van der Waals surface area contributed by atoms with Gasteiger partial charge in [0.1, 0.15) is 0 Å². The van der Waals surface area contributed by atoms with Gasteiger partial charge in [-0.15, -0.1) is 0 Å². The van der Waals surface area contributed by atoms with E-state index in [9.17, 15) is 31.2 Å². The van der Waals surface area contributed by atoms with Gasteiger partial charge in [-0.2, -0.15) is 13.2 Å². The van der Waals surface area contributed by atoms with Crippen molar-refractivity contribution in [1.29, 1.82) is 0 Å². The van der Waals surface area contributed by atoms with Gasteiger partial charge in [-0.05, 0) is 79.7 Å². The van der Waals surface area contributed by atoms with E-state index in [-0.39, 0.29) is 13.0 Å². The van der Waals surface area contributed by atoms with Crippen LogP contribution in [0.25, 0.3) is 0 Å². The third kappa shape index (κ3) is 4.62. The number of anilines is 1. The van der Waals surface area contributed by atoms with Gasteiger partial charge >= 0.3 is 18.1 Å². The highest BCUT2D eigenvalue weighted by atomic mass is 32.2. The molecule has 3 aliphatic rings. The number of carbonyl (C=O) groups excluding carboxylic acids is 2. The SMILES string of the molecule is O=C(Nc1c2c(cc3c1CCC3)CCC2)NS(=O)(=O)/C=C/C1CCCN1C(=O)C(F)(F)F. The molecule has 1 aliphatic heterocycles. The predicted molar refractivity (Wildman–Crippen MR) is 111 cm³/mol. The number of carbonyl (C=O) groups is 2. The van der Waals surface area contributed by atoms with Crippen molar-refractivity contribution in [2.45, 2.75) is 63.6 Å². The molecular formula is C21H24F3N3O4S. The van der Waals surface area contributed by atoms with Gasteiger partial charge in [0, 0.05) is 17.6 Å². The average Bonchev–Trinajstić information content (AvgIpc) is 3.44. The minimum Gasteiger partial charge on any atom is -0.328 e. The van der Waals surface area contributed by atoms with Gasteiger partial charge in [-0.1, -0.05) is 6.07 Å². The first-order valence-corrected chi connectivity index (χ1v) is 12.2. The number of likely N-dealkylation sites (tertiary alicyclic amines) is 1. The number of halogens is 3. The van der Waals surface area contributed by atoms with Crippen molar-refractivity contribution in [3.63, 3.8) is 0 Å². The highest BCUT2D eigenvalue weighted by molar-refractivity contribution is 7.92. The van der Waals surface area contributed by atoms with E-state index in [0.717, 1.165) is 55.7 Å². The molecule has 1 heterocycles. The molecule has 4 rings (SSSR count). The van der Waals surface area contributed by atoms with E-state index in [1.165, 1.54) is 11.1 Å².